The Labute approximate surface area is 141 Å². The first-order valence-electron chi connectivity index (χ1n) is 6.66. The van der Waals surface area contributed by atoms with Crippen LogP contribution in [0.25, 0.3) is 0 Å². The fourth-order valence-electron chi connectivity index (χ4n) is 1.76. The summed E-state index contributed by atoms with van der Waals surface area (Å²) in [6.45, 7) is 1.72. The predicted molar refractivity (Wildman–Crippen MR) is 86.8 cm³/mol. The first-order valence-corrected chi connectivity index (χ1v) is 7.92. The van der Waals surface area contributed by atoms with Crippen molar-refractivity contribution in [3.05, 3.63) is 59.1 Å². The first-order chi connectivity index (χ1) is 10.8. The van der Waals surface area contributed by atoms with E-state index < -0.39 is 17.0 Å². The smallest absolute Gasteiger partial charge is 0.325 e. The molecule has 23 heavy (non-hydrogen) atoms. The molecule has 0 heterocycles. The SMILES string of the molecule is C[C@H](Sc1ccc(Cl)cc1)C(=O)Nc1ccc(C(F)(F)F)cc1. The van der Waals surface area contributed by atoms with E-state index in [1.165, 1.54) is 23.9 Å². The Hall–Kier alpha value is -1.66. The van der Waals surface area contributed by atoms with Crippen molar-refractivity contribution in [2.75, 3.05) is 5.32 Å². The number of nitrogens with one attached hydrogen (secondary N) is 1. The molecule has 0 aromatic heterocycles. The maximum Gasteiger partial charge on any atom is 0.416 e. The van der Waals surface area contributed by atoms with Crippen LogP contribution < -0.4 is 5.32 Å². The molecule has 0 unspecified atom stereocenters. The van der Waals surface area contributed by atoms with E-state index in [-0.39, 0.29) is 5.91 Å². The number of hydrogen-bond donors (Lipinski definition) is 1. The molecule has 2 rings (SSSR count). The minimum absolute atomic E-state index is 0.287. The summed E-state index contributed by atoms with van der Waals surface area (Å²) >= 11 is 7.13. The maximum atomic E-state index is 12.5. The zero-order valence-electron chi connectivity index (χ0n) is 12.0. The average Bonchev–Trinajstić information content (AvgIpc) is 2.49. The minimum atomic E-state index is -4.39. The Morgan fingerprint density at radius 3 is 2.17 bits per heavy atom. The zero-order valence-corrected chi connectivity index (χ0v) is 13.6. The summed E-state index contributed by atoms with van der Waals surface area (Å²) in [5.41, 5.74) is -0.425. The van der Waals surface area contributed by atoms with Crippen LogP contribution in [0.5, 0.6) is 0 Å². The molecule has 0 aliphatic carbocycles. The lowest BCUT2D eigenvalue weighted by molar-refractivity contribution is -0.137. The highest BCUT2D eigenvalue weighted by Crippen LogP contribution is 2.30. The monoisotopic (exact) mass is 359 g/mol. The van der Waals surface area contributed by atoms with Crippen LogP contribution in [0.3, 0.4) is 0 Å². The molecule has 0 radical (unpaired) electrons. The topological polar surface area (TPSA) is 29.1 Å². The predicted octanol–water partition coefficient (Wildman–Crippen LogP) is 5.48. The summed E-state index contributed by atoms with van der Waals surface area (Å²) in [5.74, 6) is -0.287. The van der Waals surface area contributed by atoms with E-state index in [2.05, 4.69) is 5.32 Å². The number of halogens is 4. The number of hydrogen-bond acceptors (Lipinski definition) is 2. The molecule has 1 amide bonds. The Morgan fingerprint density at radius 1 is 1.09 bits per heavy atom. The number of alkyl halides is 3. The van der Waals surface area contributed by atoms with Crippen molar-refractivity contribution in [2.24, 2.45) is 0 Å². The van der Waals surface area contributed by atoms with Crippen molar-refractivity contribution in [3.8, 4) is 0 Å². The van der Waals surface area contributed by atoms with Gasteiger partial charge in [0.25, 0.3) is 0 Å². The van der Waals surface area contributed by atoms with Crippen LogP contribution in [0.4, 0.5) is 18.9 Å². The second-order valence-electron chi connectivity index (χ2n) is 4.78. The fourth-order valence-corrected chi connectivity index (χ4v) is 2.75. The quantitative estimate of drug-likeness (QED) is 0.732. The largest absolute Gasteiger partial charge is 0.416 e. The molecule has 0 bridgehead atoms. The van der Waals surface area contributed by atoms with Gasteiger partial charge in [0.1, 0.15) is 0 Å². The van der Waals surface area contributed by atoms with Crippen LogP contribution in [0.15, 0.2) is 53.4 Å². The summed E-state index contributed by atoms with van der Waals surface area (Å²) in [4.78, 5) is 13.0. The highest BCUT2D eigenvalue weighted by Gasteiger charge is 2.30. The van der Waals surface area contributed by atoms with Gasteiger partial charge in [0, 0.05) is 15.6 Å². The molecular weight excluding hydrogens is 347 g/mol. The molecule has 122 valence electrons. The summed E-state index contributed by atoms with van der Waals surface area (Å²) in [5, 5.41) is 2.80. The molecule has 0 aliphatic heterocycles. The van der Waals surface area contributed by atoms with Gasteiger partial charge >= 0.3 is 6.18 Å². The normalized spacial score (nSPS) is 12.7. The third kappa shape index (κ3) is 5.18. The van der Waals surface area contributed by atoms with Crippen LogP contribution in [0.2, 0.25) is 5.02 Å². The lowest BCUT2D eigenvalue weighted by Gasteiger charge is -2.13. The van der Waals surface area contributed by atoms with Gasteiger partial charge in [-0.3, -0.25) is 4.79 Å². The molecule has 0 saturated heterocycles. The molecule has 7 heteroatoms. The van der Waals surface area contributed by atoms with E-state index in [4.69, 9.17) is 11.6 Å². The van der Waals surface area contributed by atoms with Crippen LogP contribution >= 0.6 is 23.4 Å². The van der Waals surface area contributed by atoms with Crippen LogP contribution in [-0.2, 0) is 11.0 Å². The van der Waals surface area contributed by atoms with E-state index in [0.717, 1.165) is 17.0 Å². The molecule has 2 aromatic carbocycles. The zero-order chi connectivity index (χ0) is 17.0. The fraction of sp³-hybridized carbons (Fsp3) is 0.188. The Morgan fingerprint density at radius 2 is 1.65 bits per heavy atom. The summed E-state index contributed by atoms with van der Waals surface area (Å²) in [6, 6.07) is 11.4. The van der Waals surface area contributed by atoms with Gasteiger partial charge in [0.05, 0.1) is 10.8 Å². The Balaban J connectivity index is 1.96. The number of rotatable bonds is 4. The van der Waals surface area contributed by atoms with Crippen LogP contribution in [0, 0.1) is 0 Å². The van der Waals surface area contributed by atoms with Gasteiger partial charge in [0.15, 0.2) is 0 Å². The Bertz CT molecular complexity index is 671. The molecule has 0 aliphatic rings. The maximum absolute atomic E-state index is 12.5. The van der Waals surface area contributed by atoms with Gasteiger partial charge < -0.3 is 5.32 Å². The van der Waals surface area contributed by atoms with Crippen molar-refractivity contribution in [1.29, 1.82) is 0 Å². The van der Waals surface area contributed by atoms with Crippen molar-refractivity contribution in [1.82, 2.24) is 0 Å². The standard InChI is InChI=1S/C16H13ClF3NOS/c1-10(23-14-8-4-12(17)5-9-14)15(22)21-13-6-2-11(3-7-13)16(18,19)20/h2-10H,1H3,(H,21,22)/t10-/m0/s1. The van der Waals surface area contributed by atoms with Gasteiger partial charge in [-0.2, -0.15) is 13.2 Å². The number of amides is 1. The lowest BCUT2D eigenvalue weighted by atomic mass is 10.2. The molecular formula is C16H13ClF3NOS. The highest BCUT2D eigenvalue weighted by molar-refractivity contribution is 8.00. The third-order valence-corrected chi connectivity index (χ3v) is 4.34. The molecule has 1 atom stereocenters. The molecule has 0 fully saturated rings. The molecule has 1 N–H and O–H groups in total. The van der Waals surface area contributed by atoms with E-state index in [1.54, 1.807) is 31.2 Å². The van der Waals surface area contributed by atoms with Crippen molar-refractivity contribution in [2.45, 2.75) is 23.2 Å². The molecule has 2 nitrogen and oxygen atoms in total. The molecule has 2 aromatic rings. The number of carbonyl (C=O) groups is 1. The number of benzene rings is 2. The second-order valence-corrected chi connectivity index (χ2v) is 6.63. The van der Waals surface area contributed by atoms with Gasteiger partial charge in [-0.05, 0) is 55.5 Å². The lowest BCUT2D eigenvalue weighted by Crippen LogP contribution is -2.22. The van der Waals surface area contributed by atoms with Crippen molar-refractivity contribution in [3.63, 3.8) is 0 Å². The van der Waals surface area contributed by atoms with E-state index >= 15 is 0 Å². The summed E-state index contributed by atoms with van der Waals surface area (Å²) in [7, 11) is 0. The number of anilines is 1. The minimum Gasteiger partial charge on any atom is -0.325 e. The molecule has 0 spiro atoms. The number of thioether (sulfide) groups is 1. The Kier molecular flexibility index (Phi) is 5.59. The first kappa shape index (κ1) is 17.7. The summed E-state index contributed by atoms with van der Waals surface area (Å²) in [6.07, 6.45) is -4.39. The van der Waals surface area contributed by atoms with E-state index in [9.17, 15) is 18.0 Å². The van der Waals surface area contributed by atoms with Gasteiger partial charge in [0.2, 0.25) is 5.91 Å². The van der Waals surface area contributed by atoms with Crippen molar-refractivity contribution < 1.29 is 18.0 Å². The van der Waals surface area contributed by atoms with E-state index in [0.29, 0.717) is 10.7 Å². The third-order valence-electron chi connectivity index (χ3n) is 2.98. The summed E-state index contributed by atoms with van der Waals surface area (Å²) < 4.78 is 37.4. The average molecular weight is 360 g/mol. The van der Waals surface area contributed by atoms with Crippen LogP contribution in [-0.4, -0.2) is 11.2 Å². The molecule has 0 saturated carbocycles. The highest BCUT2D eigenvalue weighted by atomic mass is 35.5. The van der Waals surface area contributed by atoms with E-state index in [1.807, 2.05) is 0 Å². The van der Waals surface area contributed by atoms with Crippen molar-refractivity contribution >= 4 is 35.0 Å². The second kappa shape index (κ2) is 7.27. The van der Waals surface area contributed by atoms with Gasteiger partial charge in [-0.25, -0.2) is 0 Å². The van der Waals surface area contributed by atoms with Gasteiger partial charge in [-0.1, -0.05) is 11.6 Å². The van der Waals surface area contributed by atoms with Crippen LogP contribution in [0.1, 0.15) is 12.5 Å². The number of carbonyl (C=O) groups excluding carboxylic acids is 1. The van der Waals surface area contributed by atoms with Gasteiger partial charge in [-0.15, -0.1) is 11.8 Å².